The van der Waals surface area contributed by atoms with Crippen molar-refractivity contribution in [3.05, 3.63) is 71.3 Å². The van der Waals surface area contributed by atoms with Gasteiger partial charge in [-0.25, -0.2) is 0 Å². The van der Waals surface area contributed by atoms with Gasteiger partial charge >= 0.3 is 0 Å². The summed E-state index contributed by atoms with van der Waals surface area (Å²) in [6, 6.07) is 16.9. The van der Waals surface area contributed by atoms with Gasteiger partial charge in [-0.3, -0.25) is 4.79 Å². The Bertz CT molecular complexity index is 782. The van der Waals surface area contributed by atoms with E-state index in [0.717, 1.165) is 37.6 Å². The predicted molar refractivity (Wildman–Crippen MR) is 94.0 cm³/mol. The third-order valence-electron chi connectivity index (χ3n) is 3.97. The molecule has 0 unspecified atom stereocenters. The Morgan fingerprint density at radius 3 is 2.58 bits per heavy atom. The number of benzene rings is 2. The van der Waals surface area contributed by atoms with Gasteiger partial charge in [-0.1, -0.05) is 18.2 Å². The number of rotatable bonds is 4. The van der Waals surface area contributed by atoms with Crippen molar-refractivity contribution in [3.63, 3.8) is 0 Å². The summed E-state index contributed by atoms with van der Waals surface area (Å²) in [5.41, 5.74) is 3.19. The molecule has 0 saturated carbocycles. The van der Waals surface area contributed by atoms with Gasteiger partial charge in [0.15, 0.2) is 5.78 Å². The van der Waals surface area contributed by atoms with Crippen molar-refractivity contribution in [2.24, 2.45) is 0 Å². The molecule has 0 atom stereocenters. The fraction of sp³-hybridized carbons (Fsp3) is 0.200. The molecule has 0 aliphatic carbocycles. The first-order valence-corrected chi connectivity index (χ1v) is 7.91. The molecule has 2 aromatic carbocycles. The van der Waals surface area contributed by atoms with Crippen LogP contribution in [0.5, 0.6) is 0 Å². The standard InChI is InChI=1S/C20H18N2O2/c21-15-17-3-1-2-16(14-17)4-9-20(23)18-5-7-19(8-6-18)22-10-12-24-13-11-22/h1-9,14H,10-13H2/b9-4+. The maximum absolute atomic E-state index is 12.3. The molecule has 4 heteroatoms. The largest absolute Gasteiger partial charge is 0.378 e. The average Bonchev–Trinajstić information content (AvgIpc) is 2.67. The molecule has 0 radical (unpaired) electrons. The number of ketones is 1. The fourth-order valence-corrected chi connectivity index (χ4v) is 2.64. The second-order valence-corrected chi connectivity index (χ2v) is 5.58. The van der Waals surface area contributed by atoms with E-state index >= 15 is 0 Å². The summed E-state index contributed by atoms with van der Waals surface area (Å²) in [4.78, 5) is 14.5. The Hall–Kier alpha value is -2.90. The molecule has 1 aliphatic heterocycles. The summed E-state index contributed by atoms with van der Waals surface area (Å²) < 4.78 is 5.35. The first kappa shape index (κ1) is 16.0. The van der Waals surface area contributed by atoms with E-state index in [1.165, 1.54) is 0 Å². The normalized spacial score (nSPS) is 14.5. The van der Waals surface area contributed by atoms with Gasteiger partial charge < -0.3 is 9.64 Å². The molecular formula is C20H18N2O2. The third kappa shape index (κ3) is 3.89. The van der Waals surface area contributed by atoms with Gasteiger partial charge in [0.05, 0.1) is 24.8 Å². The van der Waals surface area contributed by atoms with Crippen LogP contribution in [0.2, 0.25) is 0 Å². The maximum Gasteiger partial charge on any atom is 0.185 e. The number of nitriles is 1. The Morgan fingerprint density at radius 2 is 1.88 bits per heavy atom. The van der Waals surface area contributed by atoms with Crippen molar-refractivity contribution in [1.82, 2.24) is 0 Å². The zero-order valence-corrected chi connectivity index (χ0v) is 13.3. The predicted octanol–water partition coefficient (Wildman–Crippen LogP) is 3.29. The highest BCUT2D eigenvalue weighted by atomic mass is 16.5. The summed E-state index contributed by atoms with van der Waals surface area (Å²) in [5, 5.41) is 8.90. The van der Waals surface area contributed by atoms with Gasteiger partial charge in [-0.05, 0) is 48.0 Å². The highest BCUT2D eigenvalue weighted by Crippen LogP contribution is 2.17. The lowest BCUT2D eigenvalue weighted by Crippen LogP contribution is -2.36. The molecule has 0 bridgehead atoms. The lowest BCUT2D eigenvalue weighted by molar-refractivity contribution is 0.104. The van der Waals surface area contributed by atoms with E-state index in [1.807, 2.05) is 30.3 Å². The van der Waals surface area contributed by atoms with E-state index in [1.54, 1.807) is 30.4 Å². The number of carbonyl (C=O) groups excluding carboxylic acids is 1. The molecule has 0 aromatic heterocycles. The van der Waals surface area contributed by atoms with Gasteiger partial charge in [-0.15, -0.1) is 0 Å². The molecule has 2 aromatic rings. The average molecular weight is 318 g/mol. The third-order valence-corrected chi connectivity index (χ3v) is 3.97. The summed E-state index contributed by atoms with van der Waals surface area (Å²) in [6.45, 7) is 3.24. The minimum atomic E-state index is -0.0501. The molecule has 3 rings (SSSR count). The minimum Gasteiger partial charge on any atom is -0.378 e. The topological polar surface area (TPSA) is 53.3 Å². The van der Waals surface area contributed by atoms with Crippen molar-refractivity contribution in [2.45, 2.75) is 0 Å². The highest BCUT2D eigenvalue weighted by molar-refractivity contribution is 6.07. The van der Waals surface area contributed by atoms with Crippen LogP contribution in [0.15, 0.2) is 54.6 Å². The Balaban J connectivity index is 1.68. The highest BCUT2D eigenvalue weighted by Gasteiger charge is 2.11. The van der Waals surface area contributed by atoms with E-state index in [-0.39, 0.29) is 5.78 Å². The molecule has 0 amide bonds. The van der Waals surface area contributed by atoms with E-state index in [2.05, 4.69) is 11.0 Å². The van der Waals surface area contributed by atoms with Crippen molar-refractivity contribution < 1.29 is 9.53 Å². The van der Waals surface area contributed by atoms with Crippen LogP contribution in [0.4, 0.5) is 5.69 Å². The smallest absolute Gasteiger partial charge is 0.185 e. The monoisotopic (exact) mass is 318 g/mol. The molecular weight excluding hydrogens is 300 g/mol. The molecule has 1 saturated heterocycles. The zero-order valence-electron chi connectivity index (χ0n) is 13.3. The molecule has 24 heavy (non-hydrogen) atoms. The van der Waals surface area contributed by atoms with Gasteiger partial charge in [0.1, 0.15) is 0 Å². The first-order valence-electron chi connectivity index (χ1n) is 7.91. The molecule has 1 fully saturated rings. The van der Waals surface area contributed by atoms with Crippen LogP contribution >= 0.6 is 0 Å². The molecule has 0 spiro atoms. The maximum atomic E-state index is 12.3. The molecule has 4 nitrogen and oxygen atoms in total. The number of allylic oxidation sites excluding steroid dienone is 1. The van der Waals surface area contributed by atoms with E-state index < -0.39 is 0 Å². The number of ether oxygens (including phenoxy) is 1. The van der Waals surface area contributed by atoms with Crippen LogP contribution < -0.4 is 4.90 Å². The number of anilines is 1. The Labute approximate surface area is 141 Å². The minimum absolute atomic E-state index is 0.0501. The molecule has 1 heterocycles. The summed E-state index contributed by atoms with van der Waals surface area (Å²) >= 11 is 0. The van der Waals surface area contributed by atoms with Gasteiger partial charge in [-0.2, -0.15) is 5.26 Å². The van der Waals surface area contributed by atoms with E-state index in [4.69, 9.17) is 10.00 Å². The lowest BCUT2D eigenvalue weighted by Gasteiger charge is -2.28. The van der Waals surface area contributed by atoms with Gasteiger partial charge in [0.2, 0.25) is 0 Å². The van der Waals surface area contributed by atoms with E-state index in [9.17, 15) is 4.79 Å². The molecule has 0 N–H and O–H groups in total. The van der Waals surface area contributed by atoms with Crippen molar-refractivity contribution in [1.29, 1.82) is 5.26 Å². The quantitative estimate of drug-likeness (QED) is 0.641. The van der Waals surface area contributed by atoms with Crippen molar-refractivity contribution >= 4 is 17.5 Å². The Morgan fingerprint density at radius 1 is 1.12 bits per heavy atom. The molecule has 1 aliphatic rings. The van der Waals surface area contributed by atoms with Crippen molar-refractivity contribution in [2.75, 3.05) is 31.2 Å². The summed E-state index contributed by atoms with van der Waals surface area (Å²) in [6.07, 6.45) is 3.28. The number of morpholine rings is 1. The van der Waals surface area contributed by atoms with Gasteiger partial charge in [0, 0.05) is 24.3 Å². The second-order valence-electron chi connectivity index (χ2n) is 5.58. The summed E-state index contributed by atoms with van der Waals surface area (Å²) in [7, 11) is 0. The number of carbonyl (C=O) groups is 1. The van der Waals surface area contributed by atoms with Crippen LogP contribution in [0.3, 0.4) is 0 Å². The number of hydrogen-bond acceptors (Lipinski definition) is 4. The molecule has 120 valence electrons. The SMILES string of the molecule is N#Cc1cccc(/C=C/C(=O)c2ccc(N3CCOCC3)cc2)c1. The van der Waals surface area contributed by atoms with Crippen LogP contribution in [0.1, 0.15) is 21.5 Å². The lowest BCUT2D eigenvalue weighted by atomic mass is 10.1. The second kappa shape index (κ2) is 7.58. The first-order chi connectivity index (χ1) is 11.8. The van der Waals surface area contributed by atoms with Crippen LogP contribution in [-0.4, -0.2) is 32.1 Å². The number of hydrogen-bond donors (Lipinski definition) is 0. The van der Waals surface area contributed by atoms with E-state index in [0.29, 0.717) is 11.1 Å². The van der Waals surface area contributed by atoms with Crippen LogP contribution in [-0.2, 0) is 4.74 Å². The number of nitrogens with zero attached hydrogens (tertiary/aromatic N) is 2. The van der Waals surface area contributed by atoms with Crippen LogP contribution in [0, 0.1) is 11.3 Å². The summed E-state index contributed by atoms with van der Waals surface area (Å²) in [5.74, 6) is -0.0501. The zero-order chi connectivity index (χ0) is 16.8. The van der Waals surface area contributed by atoms with Crippen molar-refractivity contribution in [3.8, 4) is 6.07 Å². The Kier molecular flexibility index (Phi) is 5.05. The fourth-order valence-electron chi connectivity index (χ4n) is 2.64. The van der Waals surface area contributed by atoms with Crippen LogP contribution in [0.25, 0.3) is 6.08 Å². The van der Waals surface area contributed by atoms with Gasteiger partial charge in [0.25, 0.3) is 0 Å².